The van der Waals surface area contributed by atoms with Gasteiger partial charge >= 0.3 is 6.18 Å². The Bertz CT molecular complexity index is 1300. The Labute approximate surface area is 228 Å². The molecule has 0 radical (unpaired) electrons. The number of aromatic nitrogens is 1. The fourth-order valence-electron chi connectivity index (χ4n) is 4.52. The molecule has 0 aliphatic heterocycles. The first-order chi connectivity index (χ1) is 18.6. The lowest BCUT2D eigenvalue weighted by atomic mass is 9.96. The Morgan fingerprint density at radius 2 is 1.67 bits per heavy atom. The van der Waals surface area contributed by atoms with Crippen LogP contribution in [0, 0.1) is 5.82 Å². The third-order valence-electron chi connectivity index (χ3n) is 6.70. The second kappa shape index (κ2) is 12.0. The van der Waals surface area contributed by atoms with Crippen LogP contribution in [-0.2, 0) is 12.1 Å². The maximum absolute atomic E-state index is 14.2. The molecule has 1 saturated carbocycles. The molecule has 1 atom stereocenters. The summed E-state index contributed by atoms with van der Waals surface area (Å²) < 4.78 is 73.1. The summed E-state index contributed by atoms with van der Waals surface area (Å²) >= 11 is 5.86. The van der Waals surface area contributed by atoms with Crippen molar-refractivity contribution in [1.82, 2.24) is 10.3 Å². The van der Waals surface area contributed by atoms with Gasteiger partial charge in [0.15, 0.2) is 11.5 Å². The van der Waals surface area contributed by atoms with E-state index in [4.69, 9.17) is 25.8 Å². The smallest absolute Gasteiger partial charge is 0.424 e. The average molecular weight is 569 g/mol. The van der Waals surface area contributed by atoms with Crippen LogP contribution >= 0.6 is 11.6 Å². The highest BCUT2D eigenvalue weighted by Gasteiger charge is 2.56. The summed E-state index contributed by atoms with van der Waals surface area (Å²) in [6, 6.07) is 11.1. The highest BCUT2D eigenvalue weighted by molar-refractivity contribution is 6.31. The molecule has 1 aliphatic carbocycles. The quantitative estimate of drug-likeness (QED) is 0.275. The summed E-state index contributed by atoms with van der Waals surface area (Å²) in [5.41, 5.74) is -3.16. The van der Waals surface area contributed by atoms with Crippen molar-refractivity contribution in [1.29, 1.82) is 0 Å². The zero-order chi connectivity index (χ0) is 28.2. The largest absolute Gasteiger partial charge is 0.494 e. The van der Waals surface area contributed by atoms with E-state index in [0.29, 0.717) is 17.1 Å². The number of rotatable bonds is 10. The zero-order valence-corrected chi connectivity index (χ0v) is 22.2. The third kappa shape index (κ3) is 6.40. The Morgan fingerprint density at radius 3 is 2.31 bits per heavy atom. The third-order valence-corrected chi connectivity index (χ3v) is 6.99. The molecule has 6 nitrogen and oxygen atoms in total. The summed E-state index contributed by atoms with van der Waals surface area (Å²) in [6.45, 7) is -0.878. The number of methoxy groups -OCH3 is 2. The predicted molar refractivity (Wildman–Crippen MR) is 139 cm³/mol. The molecular formula is C28H29ClF4N2O4. The van der Waals surface area contributed by atoms with Crippen molar-refractivity contribution in [3.05, 3.63) is 70.6 Å². The molecule has 0 spiro atoms. The fraction of sp³-hybridized carbons (Fsp3) is 0.393. The standard InChI is InChI=1S/C28H29ClF4N2O4/c1-37-23-11-12-25(35-26(23)18-8-9-21(30)20(29)14-18)27(36,28(31,32)33)16-34-15-17-7-10-22(24(13-17)38-2)39-19-5-3-4-6-19/h7-14,19,34,36H,3-6,15-16H2,1-2H3. The molecule has 0 amide bonds. The molecule has 0 saturated heterocycles. The van der Waals surface area contributed by atoms with Crippen LogP contribution in [0.25, 0.3) is 11.3 Å². The van der Waals surface area contributed by atoms with Crippen LogP contribution in [0.15, 0.2) is 48.5 Å². The molecule has 4 rings (SSSR count). The molecule has 39 heavy (non-hydrogen) atoms. The van der Waals surface area contributed by atoms with E-state index in [1.807, 2.05) is 0 Å². The molecule has 210 valence electrons. The molecule has 2 aromatic carbocycles. The van der Waals surface area contributed by atoms with Crippen molar-refractivity contribution < 1.29 is 36.9 Å². The SMILES string of the molecule is COc1cc(CNCC(O)(c2ccc(OC)c(-c3ccc(F)c(Cl)c3)n2)C(F)(F)F)ccc1OC1CCCC1. The highest BCUT2D eigenvalue weighted by atomic mass is 35.5. The van der Waals surface area contributed by atoms with Crippen molar-refractivity contribution in [2.24, 2.45) is 0 Å². The minimum absolute atomic E-state index is 0.00897. The lowest BCUT2D eigenvalue weighted by Crippen LogP contribution is -2.50. The predicted octanol–water partition coefficient (Wildman–Crippen LogP) is 6.42. The van der Waals surface area contributed by atoms with Gasteiger partial charge in [0.1, 0.15) is 17.3 Å². The molecule has 1 fully saturated rings. The first-order valence-corrected chi connectivity index (χ1v) is 12.8. The van der Waals surface area contributed by atoms with Gasteiger partial charge in [-0.1, -0.05) is 17.7 Å². The van der Waals surface area contributed by atoms with E-state index >= 15 is 0 Å². The normalized spacial score (nSPS) is 15.7. The number of alkyl halides is 3. The second-order valence-corrected chi connectivity index (χ2v) is 9.75. The number of benzene rings is 2. The van der Waals surface area contributed by atoms with Crippen molar-refractivity contribution in [3.63, 3.8) is 0 Å². The molecule has 11 heteroatoms. The van der Waals surface area contributed by atoms with Gasteiger partial charge in [-0.25, -0.2) is 9.37 Å². The van der Waals surface area contributed by atoms with Crippen LogP contribution in [-0.4, -0.2) is 43.1 Å². The molecular weight excluding hydrogens is 540 g/mol. The minimum Gasteiger partial charge on any atom is -0.494 e. The molecule has 1 heterocycles. The van der Waals surface area contributed by atoms with Crippen molar-refractivity contribution >= 4 is 11.6 Å². The molecule has 2 N–H and O–H groups in total. The van der Waals surface area contributed by atoms with Crippen LogP contribution in [0.4, 0.5) is 17.6 Å². The van der Waals surface area contributed by atoms with E-state index in [9.17, 15) is 22.7 Å². The van der Waals surface area contributed by atoms with Gasteiger partial charge in [0.2, 0.25) is 5.60 Å². The van der Waals surface area contributed by atoms with Gasteiger partial charge in [0.25, 0.3) is 0 Å². The molecule has 0 bridgehead atoms. The van der Waals surface area contributed by atoms with Crippen LogP contribution in [0.3, 0.4) is 0 Å². The van der Waals surface area contributed by atoms with Gasteiger partial charge in [-0.05, 0) is 73.7 Å². The summed E-state index contributed by atoms with van der Waals surface area (Å²) in [5, 5.41) is 13.4. The molecule has 3 aromatic rings. The minimum atomic E-state index is -5.07. The summed E-state index contributed by atoms with van der Waals surface area (Å²) in [6.07, 6.45) is -0.790. The number of aliphatic hydroxyl groups is 1. The second-order valence-electron chi connectivity index (χ2n) is 9.35. The van der Waals surface area contributed by atoms with E-state index < -0.39 is 29.8 Å². The summed E-state index contributed by atoms with van der Waals surface area (Å²) in [7, 11) is 2.82. The van der Waals surface area contributed by atoms with Gasteiger partial charge in [-0.2, -0.15) is 13.2 Å². The summed E-state index contributed by atoms with van der Waals surface area (Å²) in [5.74, 6) is 0.495. The van der Waals surface area contributed by atoms with E-state index in [1.165, 1.54) is 32.4 Å². The number of hydrogen-bond donors (Lipinski definition) is 2. The van der Waals surface area contributed by atoms with Gasteiger partial charge in [-0.3, -0.25) is 0 Å². The van der Waals surface area contributed by atoms with Crippen LogP contribution < -0.4 is 19.5 Å². The molecule has 1 unspecified atom stereocenters. The molecule has 1 aromatic heterocycles. The monoisotopic (exact) mass is 568 g/mol. The van der Waals surface area contributed by atoms with Crippen LogP contribution in [0.1, 0.15) is 36.9 Å². The Balaban J connectivity index is 1.56. The van der Waals surface area contributed by atoms with E-state index in [0.717, 1.165) is 37.8 Å². The van der Waals surface area contributed by atoms with Gasteiger partial charge in [-0.15, -0.1) is 0 Å². The number of nitrogens with zero attached hydrogens (tertiary/aromatic N) is 1. The average Bonchev–Trinajstić information content (AvgIpc) is 3.43. The summed E-state index contributed by atoms with van der Waals surface area (Å²) in [4.78, 5) is 4.08. The van der Waals surface area contributed by atoms with Gasteiger partial charge in [0, 0.05) is 18.7 Å². The van der Waals surface area contributed by atoms with E-state index in [1.54, 1.807) is 18.2 Å². The number of ether oxygens (including phenoxy) is 3. The van der Waals surface area contributed by atoms with Gasteiger partial charge < -0.3 is 24.6 Å². The number of pyridine rings is 1. The lowest BCUT2D eigenvalue weighted by Gasteiger charge is -2.31. The van der Waals surface area contributed by atoms with Gasteiger partial charge in [0.05, 0.1) is 31.0 Å². The maximum atomic E-state index is 14.2. The van der Waals surface area contributed by atoms with E-state index in [2.05, 4.69) is 10.3 Å². The number of nitrogens with one attached hydrogen (secondary N) is 1. The van der Waals surface area contributed by atoms with E-state index in [-0.39, 0.29) is 34.7 Å². The lowest BCUT2D eigenvalue weighted by molar-refractivity contribution is -0.265. The van der Waals surface area contributed by atoms with Crippen molar-refractivity contribution in [2.75, 3.05) is 20.8 Å². The topological polar surface area (TPSA) is 72.8 Å². The Morgan fingerprint density at radius 1 is 0.974 bits per heavy atom. The highest BCUT2D eigenvalue weighted by Crippen LogP contribution is 2.40. The van der Waals surface area contributed by atoms with Crippen LogP contribution in [0.5, 0.6) is 17.2 Å². The molecule has 1 aliphatic rings. The number of halogens is 5. The zero-order valence-electron chi connectivity index (χ0n) is 21.4. The van der Waals surface area contributed by atoms with Crippen molar-refractivity contribution in [3.8, 4) is 28.5 Å². The van der Waals surface area contributed by atoms with Crippen molar-refractivity contribution in [2.45, 2.75) is 50.1 Å². The van der Waals surface area contributed by atoms with Crippen LogP contribution in [0.2, 0.25) is 5.02 Å². The fourth-order valence-corrected chi connectivity index (χ4v) is 4.70. The Hall–Kier alpha value is -3.08. The first kappa shape index (κ1) is 28.9. The first-order valence-electron chi connectivity index (χ1n) is 12.4. The Kier molecular flexibility index (Phi) is 8.88. The maximum Gasteiger partial charge on any atom is 0.424 e. The number of hydrogen-bond acceptors (Lipinski definition) is 6.